The van der Waals surface area contributed by atoms with Crippen LogP contribution in [0.2, 0.25) is 0 Å². The van der Waals surface area contributed by atoms with Crippen LogP contribution in [-0.4, -0.2) is 24.8 Å². The summed E-state index contributed by atoms with van der Waals surface area (Å²) in [6, 6.07) is 0. The molecule has 0 aromatic rings. The summed E-state index contributed by atoms with van der Waals surface area (Å²) in [5.74, 6) is 0. The van der Waals surface area contributed by atoms with Crippen molar-refractivity contribution in [2.24, 2.45) is 0 Å². The van der Waals surface area contributed by atoms with E-state index in [2.05, 4.69) is 0 Å². The Morgan fingerprint density at radius 1 is 1.22 bits per heavy atom. The quantitative estimate of drug-likeness (QED) is 0.618. The van der Waals surface area contributed by atoms with Gasteiger partial charge in [-0.3, -0.25) is 0 Å². The molecule has 0 fully saturated rings. The fraction of sp³-hybridized carbons (Fsp3) is 1.00. The van der Waals surface area contributed by atoms with E-state index in [1.54, 1.807) is 6.66 Å². The maximum absolute atomic E-state index is 9.21. The molecule has 3 nitrogen and oxygen atoms in total. The Balaban J connectivity index is 3.43. The summed E-state index contributed by atoms with van der Waals surface area (Å²) in [6.45, 7) is 6.30. The van der Waals surface area contributed by atoms with Gasteiger partial charge in [-0.05, 0) is 0 Å². The van der Waals surface area contributed by atoms with Crippen LogP contribution in [0, 0.1) is 0 Å². The van der Waals surface area contributed by atoms with Crippen LogP contribution in [0.25, 0.3) is 0 Å². The Labute approximate surface area is 56.6 Å². The van der Waals surface area contributed by atoms with Crippen molar-refractivity contribution in [1.29, 1.82) is 0 Å². The third-order valence-corrected chi connectivity index (χ3v) is 2.47. The summed E-state index contributed by atoms with van der Waals surface area (Å²) < 4.78 is 9.88. The zero-order chi connectivity index (χ0) is 7.33. The van der Waals surface area contributed by atoms with Gasteiger partial charge >= 0.3 is 55.6 Å². The van der Waals surface area contributed by atoms with E-state index < -0.39 is 7.94 Å². The summed E-state index contributed by atoms with van der Waals surface area (Å²) in [6.07, 6.45) is 0. The Kier molecular flexibility index (Phi) is 4.32. The average Bonchev–Trinajstić information content (AvgIpc) is 1.64. The molecular weight excluding hydrogens is 139 g/mol. The van der Waals surface area contributed by atoms with Crippen molar-refractivity contribution in [2.75, 3.05) is 19.9 Å². The fourth-order valence-electron chi connectivity index (χ4n) is 0.577. The van der Waals surface area contributed by atoms with Gasteiger partial charge in [0.15, 0.2) is 0 Å². The predicted octanol–water partition coefficient (Wildman–Crippen LogP) is 1.18. The summed E-state index contributed by atoms with van der Waals surface area (Å²) in [4.78, 5) is 9.21. The van der Waals surface area contributed by atoms with Crippen LogP contribution in [-0.2, 0) is 9.05 Å². The molecule has 0 heterocycles. The molecule has 1 N–H and O–H groups in total. The second-order valence-electron chi connectivity index (χ2n) is 1.76. The molecule has 0 aliphatic heterocycles. The average molecular weight is 154 g/mol. The monoisotopic (exact) mass is 154 g/mol. The SMILES string of the molecule is CCO[PH](C)(O)OCC. The van der Waals surface area contributed by atoms with Crippen LogP contribution in [0.15, 0.2) is 0 Å². The van der Waals surface area contributed by atoms with Gasteiger partial charge in [-0.15, -0.1) is 0 Å². The van der Waals surface area contributed by atoms with Gasteiger partial charge in [0.25, 0.3) is 0 Å². The van der Waals surface area contributed by atoms with Crippen LogP contribution in [0.1, 0.15) is 13.8 Å². The van der Waals surface area contributed by atoms with E-state index in [0.717, 1.165) is 0 Å². The molecule has 0 amide bonds. The van der Waals surface area contributed by atoms with E-state index in [4.69, 9.17) is 9.05 Å². The molecule has 0 aromatic carbocycles. The second-order valence-corrected chi connectivity index (χ2v) is 4.14. The standard InChI is InChI=1S/C5H15O3P/c1-4-7-9(3,6)8-5-2/h6,9H,4-5H2,1-3H3. The van der Waals surface area contributed by atoms with Gasteiger partial charge in [-0.1, -0.05) is 0 Å². The van der Waals surface area contributed by atoms with Crippen molar-refractivity contribution in [3.63, 3.8) is 0 Å². The van der Waals surface area contributed by atoms with Crippen molar-refractivity contribution >= 4 is 7.94 Å². The predicted molar refractivity (Wildman–Crippen MR) is 39.7 cm³/mol. The van der Waals surface area contributed by atoms with E-state index in [1.807, 2.05) is 13.8 Å². The Morgan fingerprint density at radius 3 is 1.78 bits per heavy atom. The molecule has 0 aliphatic carbocycles. The Hall–Kier alpha value is 0.310. The third-order valence-electron chi connectivity index (χ3n) is 0.824. The van der Waals surface area contributed by atoms with E-state index >= 15 is 0 Å². The topological polar surface area (TPSA) is 38.7 Å². The number of rotatable bonds is 4. The van der Waals surface area contributed by atoms with Gasteiger partial charge in [-0.25, -0.2) is 0 Å². The minimum absolute atomic E-state index is 0.513. The van der Waals surface area contributed by atoms with E-state index in [-0.39, 0.29) is 0 Å². The third kappa shape index (κ3) is 4.79. The van der Waals surface area contributed by atoms with Gasteiger partial charge in [0.1, 0.15) is 0 Å². The van der Waals surface area contributed by atoms with Crippen molar-refractivity contribution < 1.29 is 13.9 Å². The molecule has 0 rings (SSSR count). The molecule has 0 spiro atoms. The van der Waals surface area contributed by atoms with Gasteiger partial charge in [0.05, 0.1) is 0 Å². The first-order valence-corrected chi connectivity index (χ1v) is 5.39. The molecular formula is C5H15O3P. The van der Waals surface area contributed by atoms with Crippen LogP contribution in [0.4, 0.5) is 0 Å². The zero-order valence-corrected chi connectivity index (χ0v) is 7.18. The summed E-state index contributed by atoms with van der Waals surface area (Å²) in [7, 11) is -2.70. The first kappa shape index (κ1) is 9.31. The van der Waals surface area contributed by atoms with Crippen LogP contribution < -0.4 is 0 Å². The normalized spacial score (nSPS) is 13.8. The van der Waals surface area contributed by atoms with Gasteiger partial charge in [0, 0.05) is 0 Å². The van der Waals surface area contributed by atoms with Crippen LogP contribution in [0.5, 0.6) is 0 Å². The summed E-state index contributed by atoms with van der Waals surface area (Å²) in [5.41, 5.74) is 0. The molecule has 0 bridgehead atoms. The van der Waals surface area contributed by atoms with Gasteiger partial charge < -0.3 is 0 Å². The molecule has 0 radical (unpaired) electrons. The molecule has 0 saturated heterocycles. The Bertz CT molecular complexity index is 66.6. The molecule has 9 heavy (non-hydrogen) atoms. The van der Waals surface area contributed by atoms with Gasteiger partial charge in [0.2, 0.25) is 0 Å². The van der Waals surface area contributed by atoms with Crippen molar-refractivity contribution in [1.82, 2.24) is 0 Å². The molecule has 0 aliphatic rings. The maximum atomic E-state index is 9.21. The molecule has 4 heteroatoms. The number of hydrogen-bond acceptors (Lipinski definition) is 3. The zero-order valence-electron chi connectivity index (χ0n) is 6.18. The van der Waals surface area contributed by atoms with Crippen LogP contribution >= 0.6 is 7.94 Å². The molecule has 0 saturated carbocycles. The Morgan fingerprint density at radius 2 is 1.56 bits per heavy atom. The minimum atomic E-state index is -2.70. The molecule has 58 valence electrons. The number of hydrogen-bond donors (Lipinski definition) is 1. The van der Waals surface area contributed by atoms with Crippen molar-refractivity contribution in [3.05, 3.63) is 0 Å². The summed E-state index contributed by atoms with van der Waals surface area (Å²) in [5, 5.41) is 0. The summed E-state index contributed by atoms with van der Waals surface area (Å²) >= 11 is 0. The first-order chi connectivity index (χ1) is 4.12. The van der Waals surface area contributed by atoms with E-state index in [1.165, 1.54) is 0 Å². The van der Waals surface area contributed by atoms with E-state index in [0.29, 0.717) is 13.2 Å². The molecule has 0 atom stereocenters. The molecule has 0 aromatic heterocycles. The molecule has 0 unspecified atom stereocenters. The van der Waals surface area contributed by atoms with Crippen molar-refractivity contribution in [2.45, 2.75) is 13.8 Å². The van der Waals surface area contributed by atoms with E-state index in [9.17, 15) is 4.89 Å². The first-order valence-electron chi connectivity index (χ1n) is 3.12. The second kappa shape index (κ2) is 4.18. The fourth-order valence-corrected chi connectivity index (χ4v) is 1.73. The van der Waals surface area contributed by atoms with Crippen molar-refractivity contribution in [3.8, 4) is 0 Å². The van der Waals surface area contributed by atoms with Crippen LogP contribution in [0.3, 0.4) is 0 Å². The van der Waals surface area contributed by atoms with Gasteiger partial charge in [-0.2, -0.15) is 0 Å².